The van der Waals surface area contributed by atoms with Crippen molar-refractivity contribution in [2.75, 3.05) is 30.3 Å². The Bertz CT molecular complexity index is 1010. The summed E-state index contributed by atoms with van der Waals surface area (Å²) in [5.41, 5.74) is 3.28. The lowest BCUT2D eigenvalue weighted by molar-refractivity contribution is 0.227. The lowest BCUT2D eigenvalue weighted by atomic mass is 10.0. The molecule has 2 heterocycles. The second-order valence-electron chi connectivity index (χ2n) is 7.73. The van der Waals surface area contributed by atoms with Crippen LogP contribution in [0.15, 0.2) is 42.7 Å². The van der Waals surface area contributed by atoms with Gasteiger partial charge in [-0.15, -0.1) is 5.10 Å². The van der Waals surface area contributed by atoms with Crippen LogP contribution in [0.5, 0.6) is 0 Å². The number of piperidine rings is 1. The van der Waals surface area contributed by atoms with Crippen LogP contribution in [0.4, 0.5) is 26.1 Å². The van der Waals surface area contributed by atoms with E-state index in [0.29, 0.717) is 12.0 Å². The van der Waals surface area contributed by atoms with Gasteiger partial charge >= 0.3 is 0 Å². The predicted octanol–water partition coefficient (Wildman–Crippen LogP) is 4.99. The van der Waals surface area contributed by atoms with E-state index in [9.17, 15) is 8.78 Å². The Hall–Kier alpha value is -3.00. The highest BCUT2D eigenvalue weighted by Gasteiger charge is 2.18. The van der Waals surface area contributed by atoms with Gasteiger partial charge in [0.25, 0.3) is 0 Å². The highest BCUT2D eigenvalue weighted by molar-refractivity contribution is 5.63. The lowest BCUT2D eigenvalue weighted by Gasteiger charge is -2.33. The molecule has 1 aliphatic rings. The molecule has 6 nitrogen and oxygen atoms in total. The molecular weight excluding hydrogens is 386 g/mol. The normalized spacial score (nSPS) is 17.1. The maximum absolute atomic E-state index is 13.5. The number of hydrogen-bond donors (Lipinski definition) is 2. The van der Waals surface area contributed by atoms with E-state index >= 15 is 0 Å². The molecule has 0 aliphatic carbocycles. The van der Waals surface area contributed by atoms with Crippen molar-refractivity contribution in [3.05, 3.63) is 59.9 Å². The summed E-state index contributed by atoms with van der Waals surface area (Å²) in [6, 6.07) is 9.83. The van der Waals surface area contributed by atoms with E-state index in [1.807, 2.05) is 19.1 Å². The van der Waals surface area contributed by atoms with Crippen molar-refractivity contribution in [2.45, 2.75) is 32.7 Å². The number of hydrogen-bond acceptors (Lipinski definition) is 5. The van der Waals surface area contributed by atoms with Crippen molar-refractivity contribution in [3.8, 4) is 5.69 Å². The molecular formula is C22H30F2N6. The van der Waals surface area contributed by atoms with Crippen LogP contribution >= 0.6 is 0 Å². The summed E-state index contributed by atoms with van der Waals surface area (Å²) in [6.45, 7) is 7.52. The highest BCUT2D eigenvalue weighted by atomic mass is 19.1. The number of aryl methyl sites for hydroxylation is 1. The fourth-order valence-corrected chi connectivity index (χ4v) is 3.88. The Morgan fingerprint density at radius 3 is 2.63 bits per heavy atom. The maximum atomic E-state index is 13.5. The molecule has 4 rings (SSSR count). The van der Waals surface area contributed by atoms with Gasteiger partial charge in [0.05, 0.1) is 5.69 Å². The molecule has 162 valence electrons. The van der Waals surface area contributed by atoms with Crippen LogP contribution in [-0.4, -0.2) is 45.3 Å². The molecule has 1 atom stereocenters. The molecule has 0 bridgehead atoms. The summed E-state index contributed by atoms with van der Waals surface area (Å²) in [5.74, 6) is -0.964. The molecule has 0 radical (unpaired) electrons. The van der Waals surface area contributed by atoms with Crippen LogP contribution in [0, 0.1) is 18.6 Å². The van der Waals surface area contributed by atoms with Crippen LogP contribution in [0.25, 0.3) is 5.69 Å². The summed E-state index contributed by atoms with van der Waals surface area (Å²) >= 11 is 0. The first kappa shape index (κ1) is 20.3. The van der Waals surface area contributed by atoms with E-state index in [-0.39, 0.29) is 8.54 Å². The Kier molecular flexibility index (Phi) is 5.94. The van der Waals surface area contributed by atoms with Crippen LogP contribution in [-0.2, 0) is 0 Å². The molecule has 1 fully saturated rings. The average Bonchev–Trinajstić information content (AvgIpc) is 3.15. The topological polar surface area (TPSA) is 58.0 Å². The zero-order valence-electron chi connectivity index (χ0n) is 17.2. The van der Waals surface area contributed by atoms with Gasteiger partial charge in [-0.25, -0.2) is 13.5 Å². The van der Waals surface area contributed by atoms with Gasteiger partial charge in [0, 0.05) is 32.9 Å². The first-order chi connectivity index (χ1) is 14.5. The summed E-state index contributed by atoms with van der Waals surface area (Å²) in [7, 11) is 0. The van der Waals surface area contributed by atoms with Crippen LogP contribution in [0.1, 0.15) is 28.2 Å². The number of nitrogens with zero attached hydrogens (tertiary/aromatic N) is 4. The monoisotopic (exact) mass is 416 g/mol. The van der Waals surface area contributed by atoms with Gasteiger partial charge in [-0.1, -0.05) is 6.92 Å². The number of benzene rings is 2. The minimum absolute atomic E-state index is 0. The molecule has 1 aliphatic heterocycles. The van der Waals surface area contributed by atoms with Crippen molar-refractivity contribution < 1.29 is 11.6 Å². The number of anilines is 3. The quantitative estimate of drug-likeness (QED) is 0.593. The van der Waals surface area contributed by atoms with Gasteiger partial charge in [-0.05, 0) is 68.8 Å². The van der Waals surface area contributed by atoms with Crippen molar-refractivity contribution >= 4 is 17.3 Å². The standard InChI is InChI=1S/C22H26F2N6.2H2/c1-3-29-6-4-5-18(13-29)26-19-7-15(2)8-20(12-19)27-22-25-14-30(28-22)21-10-16(23)9-17(24)11-21;;/h7-12,14,18,26H,3-6,13H2,1-2H3,(H,27,28);2*1H. The molecule has 1 aromatic heterocycles. The van der Waals surface area contributed by atoms with Gasteiger partial charge in [0.15, 0.2) is 0 Å². The SMILES string of the molecule is CCN1CCCC(Nc2cc(C)cc(Nc3ncn(-c4cc(F)cc(F)c4)n3)c2)C1.[HH].[HH]. The minimum atomic E-state index is -0.659. The van der Waals surface area contributed by atoms with Crippen molar-refractivity contribution in [1.82, 2.24) is 19.7 Å². The van der Waals surface area contributed by atoms with Gasteiger partial charge in [0.1, 0.15) is 18.0 Å². The Morgan fingerprint density at radius 1 is 1.10 bits per heavy atom. The van der Waals surface area contributed by atoms with Crippen LogP contribution in [0.3, 0.4) is 0 Å². The summed E-state index contributed by atoms with van der Waals surface area (Å²) in [4.78, 5) is 6.67. The van der Waals surface area contributed by atoms with E-state index < -0.39 is 11.6 Å². The van der Waals surface area contributed by atoms with Gasteiger partial charge < -0.3 is 15.5 Å². The van der Waals surface area contributed by atoms with E-state index in [1.54, 1.807) is 0 Å². The summed E-state index contributed by atoms with van der Waals surface area (Å²) < 4.78 is 28.3. The second-order valence-corrected chi connectivity index (χ2v) is 7.73. The summed E-state index contributed by atoms with van der Waals surface area (Å²) in [6.07, 6.45) is 3.78. The van der Waals surface area contributed by atoms with E-state index in [0.717, 1.165) is 42.5 Å². The third kappa shape index (κ3) is 4.94. The molecule has 2 N–H and O–H groups in total. The number of likely N-dealkylation sites (tertiary alicyclic amines) is 1. The number of aromatic nitrogens is 3. The Balaban J connectivity index is 0.00000181. The second kappa shape index (κ2) is 8.79. The smallest absolute Gasteiger partial charge is 0.246 e. The van der Waals surface area contributed by atoms with E-state index in [4.69, 9.17) is 0 Å². The highest BCUT2D eigenvalue weighted by Crippen LogP contribution is 2.24. The predicted molar refractivity (Wildman–Crippen MR) is 119 cm³/mol. The third-order valence-corrected chi connectivity index (χ3v) is 5.26. The molecule has 0 amide bonds. The number of rotatable bonds is 6. The van der Waals surface area contributed by atoms with Crippen LogP contribution < -0.4 is 10.6 Å². The molecule has 3 aromatic rings. The third-order valence-electron chi connectivity index (χ3n) is 5.26. The molecule has 0 saturated carbocycles. The fourth-order valence-electron chi connectivity index (χ4n) is 3.88. The molecule has 2 aromatic carbocycles. The average molecular weight is 417 g/mol. The number of likely N-dealkylation sites (N-methyl/N-ethyl adjacent to an activating group) is 1. The Morgan fingerprint density at radius 2 is 1.87 bits per heavy atom. The van der Waals surface area contributed by atoms with Crippen molar-refractivity contribution in [1.29, 1.82) is 0 Å². The number of halogens is 2. The number of nitrogens with one attached hydrogen (secondary N) is 2. The first-order valence-electron chi connectivity index (χ1n) is 10.2. The summed E-state index contributed by atoms with van der Waals surface area (Å²) in [5, 5.41) is 11.1. The van der Waals surface area contributed by atoms with Gasteiger partial charge in [-0.3, -0.25) is 0 Å². The minimum Gasteiger partial charge on any atom is -0.381 e. The maximum Gasteiger partial charge on any atom is 0.246 e. The molecule has 1 unspecified atom stereocenters. The first-order valence-corrected chi connectivity index (χ1v) is 10.2. The van der Waals surface area contributed by atoms with Crippen LogP contribution in [0.2, 0.25) is 0 Å². The molecule has 1 saturated heterocycles. The molecule has 30 heavy (non-hydrogen) atoms. The van der Waals surface area contributed by atoms with Gasteiger partial charge in [-0.2, -0.15) is 4.98 Å². The van der Waals surface area contributed by atoms with Gasteiger partial charge in [0.2, 0.25) is 5.95 Å². The lowest BCUT2D eigenvalue weighted by Crippen LogP contribution is -2.41. The largest absolute Gasteiger partial charge is 0.381 e. The van der Waals surface area contributed by atoms with Crippen molar-refractivity contribution in [2.24, 2.45) is 0 Å². The van der Waals surface area contributed by atoms with E-state index in [2.05, 4.69) is 38.6 Å². The Labute approximate surface area is 177 Å². The van der Waals surface area contributed by atoms with Crippen molar-refractivity contribution in [3.63, 3.8) is 0 Å². The zero-order valence-corrected chi connectivity index (χ0v) is 17.2. The molecule has 8 heteroatoms. The van der Waals surface area contributed by atoms with E-state index in [1.165, 1.54) is 36.1 Å². The fraction of sp³-hybridized carbons (Fsp3) is 0.364. The zero-order chi connectivity index (χ0) is 21.1. The molecule has 0 spiro atoms.